The van der Waals surface area contributed by atoms with Crippen molar-refractivity contribution in [2.75, 3.05) is 4.90 Å². The van der Waals surface area contributed by atoms with Gasteiger partial charge in [-0.2, -0.15) is 0 Å². The monoisotopic (exact) mass is 400 g/mol. The molecule has 132 valence electrons. The van der Waals surface area contributed by atoms with Crippen LogP contribution in [-0.2, 0) is 17.6 Å². The van der Waals surface area contributed by atoms with Gasteiger partial charge >= 0.3 is 0 Å². The minimum atomic E-state index is -0.336. The van der Waals surface area contributed by atoms with E-state index in [9.17, 15) is 4.79 Å². The minimum absolute atomic E-state index is 0.0300. The summed E-state index contributed by atoms with van der Waals surface area (Å²) in [4.78, 5) is 29.6. The number of nitrogens with zero attached hydrogens (tertiary/aromatic N) is 3. The number of carbonyl (C=O) groups is 1. The number of nitrogens with one attached hydrogen (secondary N) is 1. The van der Waals surface area contributed by atoms with Crippen LogP contribution in [0.3, 0.4) is 0 Å². The Kier molecular flexibility index (Phi) is 3.88. The molecule has 1 aliphatic heterocycles. The lowest BCUT2D eigenvalue weighted by Gasteiger charge is -2.18. The van der Waals surface area contributed by atoms with Gasteiger partial charge in [0, 0.05) is 16.8 Å². The van der Waals surface area contributed by atoms with E-state index >= 15 is 0 Å². The number of anilines is 1. The van der Waals surface area contributed by atoms with Crippen molar-refractivity contribution in [1.29, 1.82) is 0 Å². The summed E-state index contributed by atoms with van der Waals surface area (Å²) >= 11 is 8.73. The number of fused-ring (bicyclic) bond motifs is 3. The molecule has 0 bridgehead atoms. The molecular weight excluding hydrogens is 384 g/mol. The molecule has 1 amide bonds. The second-order valence-electron chi connectivity index (χ2n) is 6.55. The maximum absolute atomic E-state index is 13.2. The van der Waals surface area contributed by atoms with Gasteiger partial charge in [0.2, 0.25) is 0 Å². The molecule has 3 aromatic rings. The zero-order valence-corrected chi connectivity index (χ0v) is 16.6. The first-order valence-electron chi connectivity index (χ1n) is 8.60. The number of carbonyl (C=O) groups excluding carboxylic acids is 1. The van der Waals surface area contributed by atoms with Crippen molar-refractivity contribution >= 4 is 61.6 Å². The molecular formula is C18H16N4OS3. The van der Waals surface area contributed by atoms with Gasteiger partial charge in [0.25, 0.3) is 5.91 Å². The summed E-state index contributed by atoms with van der Waals surface area (Å²) in [6, 6.07) is 3.83. The topological polar surface area (TPSA) is 61.9 Å². The molecule has 1 N–H and O–H groups in total. The second kappa shape index (κ2) is 6.14. The van der Waals surface area contributed by atoms with E-state index in [4.69, 9.17) is 12.2 Å². The molecule has 1 fully saturated rings. The molecule has 1 aliphatic carbocycles. The van der Waals surface area contributed by atoms with Crippen molar-refractivity contribution < 1.29 is 4.79 Å². The van der Waals surface area contributed by atoms with Crippen molar-refractivity contribution in [3.05, 3.63) is 40.3 Å². The molecule has 0 radical (unpaired) electrons. The number of thiocarbonyl (C=S) groups is 1. The minimum Gasteiger partial charge on any atom is -0.364 e. The summed E-state index contributed by atoms with van der Waals surface area (Å²) in [5, 5.41) is 0.691. The van der Waals surface area contributed by atoms with E-state index in [1.807, 2.05) is 25.3 Å². The van der Waals surface area contributed by atoms with Gasteiger partial charge in [-0.1, -0.05) is 24.0 Å². The van der Waals surface area contributed by atoms with Crippen LogP contribution in [0.1, 0.15) is 40.1 Å². The van der Waals surface area contributed by atoms with Crippen LogP contribution in [0.4, 0.5) is 5.82 Å². The van der Waals surface area contributed by atoms with Crippen molar-refractivity contribution in [2.45, 2.75) is 37.9 Å². The smallest absolute Gasteiger partial charge is 0.253 e. The van der Waals surface area contributed by atoms with Gasteiger partial charge in [-0.05, 0) is 50.3 Å². The highest BCUT2D eigenvalue weighted by atomic mass is 32.2. The molecule has 4 heterocycles. The zero-order valence-electron chi connectivity index (χ0n) is 14.1. The zero-order chi connectivity index (χ0) is 17.8. The summed E-state index contributed by atoms with van der Waals surface area (Å²) in [7, 11) is 0. The third kappa shape index (κ3) is 2.43. The first-order chi connectivity index (χ1) is 12.6. The van der Waals surface area contributed by atoms with Gasteiger partial charge in [0.15, 0.2) is 5.82 Å². The lowest BCUT2D eigenvalue weighted by Crippen LogP contribution is -2.30. The van der Waals surface area contributed by atoms with Crippen molar-refractivity contribution in [2.24, 2.45) is 0 Å². The highest BCUT2D eigenvalue weighted by molar-refractivity contribution is 8.24. The molecule has 1 atom stereocenters. The summed E-state index contributed by atoms with van der Waals surface area (Å²) in [6.45, 7) is 1.88. The van der Waals surface area contributed by atoms with Crippen LogP contribution in [-0.4, -0.2) is 25.2 Å². The number of aryl methyl sites for hydroxylation is 3. The van der Waals surface area contributed by atoms with Crippen LogP contribution < -0.4 is 4.90 Å². The van der Waals surface area contributed by atoms with E-state index in [-0.39, 0.29) is 11.2 Å². The molecule has 0 spiro atoms. The van der Waals surface area contributed by atoms with Gasteiger partial charge in [0.05, 0.1) is 5.39 Å². The SMILES string of the molecule is Cc1nc(N2C(=O)C(c3ccc[nH]3)SC2=S)c2c3c(sc2n1)CCCC3. The number of hydrogen-bond acceptors (Lipinski definition) is 6. The normalized spacial score (nSPS) is 20.2. The van der Waals surface area contributed by atoms with Crippen LogP contribution >= 0.6 is 35.3 Å². The average Bonchev–Trinajstić information content (AvgIpc) is 3.31. The third-order valence-electron chi connectivity index (χ3n) is 4.87. The van der Waals surface area contributed by atoms with Gasteiger partial charge in [0.1, 0.15) is 20.2 Å². The first-order valence-corrected chi connectivity index (χ1v) is 10.7. The van der Waals surface area contributed by atoms with E-state index < -0.39 is 0 Å². The quantitative estimate of drug-likeness (QED) is 0.650. The molecule has 5 nitrogen and oxygen atoms in total. The summed E-state index contributed by atoms with van der Waals surface area (Å²) < 4.78 is 0.560. The second-order valence-corrected chi connectivity index (χ2v) is 9.37. The highest BCUT2D eigenvalue weighted by Crippen LogP contribution is 2.45. The molecule has 1 unspecified atom stereocenters. The Morgan fingerprint density at radius 3 is 2.96 bits per heavy atom. The van der Waals surface area contributed by atoms with Crippen molar-refractivity contribution in [3.63, 3.8) is 0 Å². The number of H-pyrrole nitrogens is 1. The molecule has 0 aromatic carbocycles. The molecule has 8 heteroatoms. The predicted octanol–water partition coefficient (Wildman–Crippen LogP) is 4.31. The predicted molar refractivity (Wildman–Crippen MR) is 110 cm³/mol. The number of hydrogen-bond donors (Lipinski definition) is 1. The fourth-order valence-corrected chi connectivity index (χ4v) is 6.44. The van der Waals surface area contributed by atoms with Crippen LogP contribution in [0.5, 0.6) is 0 Å². The van der Waals surface area contributed by atoms with Crippen LogP contribution in [0.2, 0.25) is 0 Å². The number of aromatic nitrogens is 3. The molecule has 1 saturated heterocycles. The van der Waals surface area contributed by atoms with Crippen LogP contribution in [0, 0.1) is 6.92 Å². The Morgan fingerprint density at radius 2 is 2.15 bits per heavy atom. The molecule has 5 rings (SSSR count). The summed E-state index contributed by atoms with van der Waals surface area (Å²) in [5.41, 5.74) is 2.19. The standard InChI is InChI=1S/C18H16N4OS3/c1-9-20-15(13-10-5-2-3-7-12(10)25-16(13)21-9)22-17(23)14(26-18(22)24)11-6-4-8-19-11/h4,6,8,14,19H,2-3,5,7H2,1H3. The van der Waals surface area contributed by atoms with E-state index in [0.29, 0.717) is 16.0 Å². The Bertz CT molecular complexity index is 1040. The Labute approximate surface area is 164 Å². The fraction of sp³-hybridized carbons (Fsp3) is 0.333. The maximum atomic E-state index is 13.2. The van der Waals surface area contributed by atoms with Gasteiger partial charge in [-0.3, -0.25) is 4.79 Å². The van der Waals surface area contributed by atoms with Gasteiger partial charge in [-0.15, -0.1) is 11.3 Å². The van der Waals surface area contributed by atoms with Crippen LogP contribution in [0.25, 0.3) is 10.2 Å². The maximum Gasteiger partial charge on any atom is 0.253 e. The summed E-state index contributed by atoms with van der Waals surface area (Å²) in [5.74, 6) is 1.32. The molecule has 0 saturated carbocycles. The summed E-state index contributed by atoms with van der Waals surface area (Å²) in [6.07, 6.45) is 6.33. The number of aromatic amines is 1. The lowest BCUT2D eigenvalue weighted by atomic mass is 9.97. The number of thioether (sulfide) groups is 1. The number of amides is 1. The van der Waals surface area contributed by atoms with Gasteiger partial charge in [-0.25, -0.2) is 14.9 Å². The van der Waals surface area contributed by atoms with Crippen LogP contribution in [0.15, 0.2) is 18.3 Å². The Balaban J connectivity index is 1.68. The fourth-order valence-electron chi connectivity index (χ4n) is 3.71. The van der Waals surface area contributed by atoms with E-state index in [0.717, 1.165) is 28.8 Å². The van der Waals surface area contributed by atoms with E-state index in [2.05, 4.69) is 15.0 Å². The van der Waals surface area contributed by atoms with Crippen molar-refractivity contribution in [1.82, 2.24) is 15.0 Å². The first kappa shape index (κ1) is 16.4. The van der Waals surface area contributed by atoms with E-state index in [1.165, 1.54) is 35.0 Å². The highest BCUT2D eigenvalue weighted by Gasteiger charge is 2.41. The average molecular weight is 401 g/mol. The van der Waals surface area contributed by atoms with Gasteiger partial charge < -0.3 is 4.98 Å². The Hall–Kier alpha value is -1.77. The number of thiophene rings is 1. The largest absolute Gasteiger partial charge is 0.364 e. The van der Waals surface area contributed by atoms with E-state index in [1.54, 1.807) is 16.2 Å². The Morgan fingerprint density at radius 1 is 1.31 bits per heavy atom. The molecule has 26 heavy (non-hydrogen) atoms. The lowest BCUT2D eigenvalue weighted by molar-refractivity contribution is -0.117. The molecule has 3 aromatic heterocycles. The number of rotatable bonds is 2. The third-order valence-corrected chi connectivity index (χ3v) is 7.60. The molecule has 2 aliphatic rings. The van der Waals surface area contributed by atoms with Crippen molar-refractivity contribution in [3.8, 4) is 0 Å².